The molecule has 0 atom stereocenters. The number of benzene rings is 1. The summed E-state index contributed by atoms with van der Waals surface area (Å²) < 4.78 is 5.46. The van der Waals surface area contributed by atoms with Crippen molar-refractivity contribution >= 4 is 27.7 Å². The summed E-state index contributed by atoms with van der Waals surface area (Å²) in [6.45, 7) is 5.37. The molecule has 1 heterocycles. The van der Waals surface area contributed by atoms with Crippen LogP contribution in [0.15, 0.2) is 44.5 Å². The first-order chi connectivity index (χ1) is 9.40. The smallest absolute Gasteiger partial charge is 0.374 e. The van der Waals surface area contributed by atoms with E-state index in [-0.39, 0.29) is 17.3 Å². The van der Waals surface area contributed by atoms with Crippen molar-refractivity contribution in [3.63, 3.8) is 0 Å². The number of halogens is 1. The Labute approximate surface area is 125 Å². The maximum atomic E-state index is 11.0. The molecule has 0 saturated carbocycles. The van der Waals surface area contributed by atoms with E-state index in [4.69, 9.17) is 4.52 Å². The molecule has 0 saturated heterocycles. The molecular formula is C13H15BrN4O2. The average molecular weight is 339 g/mol. The van der Waals surface area contributed by atoms with Crippen molar-refractivity contribution in [2.45, 2.75) is 26.3 Å². The zero-order valence-corrected chi connectivity index (χ0v) is 13.0. The van der Waals surface area contributed by atoms with Gasteiger partial charge < -0.3 is 5.11 Å². The highest BCUT2D eigenvalue weighted by Gasteiger charge is 2.30. The predicted molar refractivity (Wildman–Crippen MR) is 76.0 cm³/mol. The third-order valence-corrected chi connectivity index (χ3v) is 3.39. The number of hydrogen-bond acceptors (Lipinski definition) is 5. The molecule has 2 aromatic rings. The molecule has 0 spiro atoms. The largest absolute Gasteiger partial charge is 0.862 e. The molecule has 1 aromatic carbocycles. The molecule has 0 bridgehead atoms. The number of nitrogens with zero attached hydrogens (tertiary/aromatic N) is 3. The quantitative estimate of drug-likeness (QED) is 0.522. The van der Waals surface area contributed by atoms with Crippen molar-refractivity contribution in [3.8, 4) is 0 Å². The summed E-state index contributed by atoms with van der Waals surface area (Å²) in [5.41, 5.74) is 3.90. The van der Waals surface area contributed by atoms with Crippen molar-refractivity contribution < 1.29 is 14.4 Å². The molecule has 0 amide bonds. The predicted octanol–water partition coefficient (Wildman–Crippen LogP) is 1.61. The Bertz CT molecular complexity index is 619. The Morgan fingerprint density at radius 3 is 2.65 bits per heavy atom. The normalized spacial score (nSPS) is 12.5. The molecule has 1 N–H and O–H groups in total. The van der Waals surface area contributed by atoms with Gasteiger partial charge in [-0.1, -0.05) is 30.3 Å². The van der Waals surface area contributed by atoms with Crippen molar-refractivity contribution in [2.75, 3.05) is 5.43 Å². The van der Waals surface area contributed by atoms with Gasteiger partial charge in [0.15, 0.2) is 0 Å². The van der Waals surface area contributed by atoms with Gasteiger partial charge in [0.25, 0.3) is 0 Å². The first-order valence-corrected chi connectivity index (χ1v) is 6.83. The fraction of sp³-hybridized carbons (Fsp3) is 0.308. The molecule has 0 radical (unpaired) electrons. The third kappa shape index (κ3) is 3.16. The summed E-state index contributed by atoms with van der Waals surface area (Å²) >= 11 is 3.30. The summed E-state index contributed by atoms with van der Waals surface area (Å²) in [6.07, 6.45) is 0. The van der Waals surface area contributed by atoms with Crippen LogP contribution >= 0.6 is 15.9 Å². The second-order valence-electron chi connectivity index (χ2n) is 4.81. The molecular weight excluding hydrogens is 324 g/mol. The Morgan fingerprint density at radius 2 is 2.05 bits per heavy atom. The number of hydrogen-bond donors (Lipinski definition) is 1. The highest BCUT2D eigenvalue weighted by atomic mass is 79.9. The highest BCUT2D eigenvalue weighted by molar-refractivity contribution is 9.10. The van der Waals surface area contributed by atoms with E-state index in [2.05, 4.69) is 31.6 Å². The second-order valence-corrected chi connectivity index (χ2v) is 5.57. The van der Waals surface area contributed by atoms with Gasteiger partial charge in [-0.2, -0.15) is 5.43 Å². The minimum Gasteiger partial charge on any atom is -0.862 e. The van der Waals surface area contributed by atoms with Crippen LogP contribution in [0.2, 0.25) is 0 Å². The number of aliphatic imine (C=N–C) groups is 1. The molecule has 20 heavy (non-hydrogen) atoms. The molecule has 2 rings (SSSR count). The minimum atomic E-state index is -0.376. The molecule has 0 aliphatic heterocycles. The number of nitrogens with one attached hydrogen (secondary N) is 1. The van der Waals surface area contributed by atoms with Gasteiger partial charge in [0, 0.05) is 15.9 Å². The van der Waals surface area contributed by atoms with Crippen LogP contribution < -0.4 is 15.3 Å². The first-order valence-electron chi connectivity index (χ1n) is 6.03. The van der Waals surface area contributed by atoms with Crippen molar-refractivity contribution in [1.82, 2.24) is 5.27 Å². The SMILES string of the molecule is CC([O-])=Nc1on[n+](NC(C)(C)c2ccccc2)c1Br. The zero-order valence-electron chi connectivity index (χ0n) is 11.4. The van der Waals surface area contributed by atoms with E-state index >= 15 is 0 Å². The average Bonchev–Trinajstić information content (AvgIpc) is 2.71. The molecule has 0 aliphatic carbocycles. The summed E-state index contributed by atoms with van der Waals surface area (Å²) in [5, 5.41) is 14.8. The molecule has 1 aromatic heterocycles. The monoisotopic (exact) mass is 338 g/mol. The van der Waals surface area contributed by atoms with Gasteiger partial charge in [-0.3, -0.25) is 4.52 Å². The number of aromatic nitrogens is 2. The second kappa shape index (κ2) is 5.62. The Morgan fingerprint density at radius 1 is 1.40 bits per heavy atom. The summed E-state index contributed by atoms with van der Waals surface area (Å²) in [6, 6.07) is 9.93. The zero-order chi connectivity index (χ0) is 14.8. The van der Waals surface area contributed by atoms with Gasteiger partial charge in [0.05, 0.1) is 4.79 Å². The van der Waals surface area contributed by atoms with E-state index in [1.807, 2.05) is 44.2 Å². The number of rotatable bonds is 4. The van der Waals surface area contributed by atoms with Crippen LogP contribution in [0.5, 0.6) is 0 Å². The van der Waals surface area contributed by atoms with Gasteiger partial charge in [0.1, 0.15) is 5.54 Å². The third-order valence-electron chi connectivity index (χ3n) is 2.71. The Kier molecular flexibility index (Phi) is 4.08. The maximum absolute atomic E-state index is 11.0. The van der Waals surface area contributed by atoms with Crippen LogP contribution in [0, 0.1) is 0 Å². The molecule has 0 unspecified atom stereocenters. The van der Waals surface area contributed by atoms with Gasteiger partial charge in [-0.25, -0.2) is 4.99 Å². The van der Waals surface area contributed by atoms with Crippen LogP contribution in [-0.2, 0) is 5.54 Å². The van der Waals surface area contributed by atoms with Crippen LogP contribution in [0.1, 0.15) is 26.3 Å². The summed E-state index contributed by atoms with van der Waals surface area (Å²) in [7, 11) is 0. The lowest BCUT2D eigenvalue weighted by Crippen LogP contribution is -2.55. The van der Waals surface area contributed by atoms with E-state index in [1.54, 1.807) is 0 Å². The lowest BCUT2D eigenvalue weighted by molar-refractivity contribution is -0.735. The van der Waals surface area contributed by atoms with E-state index in [0.29, 0.717) is 4.60 Å². The Balaban J connectivity index is 2.26. The molecule has 106 valence electrons. The molecule has 0 fully saturated rings. The lowest BCUT2D eigenvalue weighted by atomic mass is 9.95. The van der Waals surface area contributed by atoms with Crippen LogP contribution in [0.25, 0.3) is 0 Å². The standard InChI is InChI=1S/C13H15BrN4O2/c1-9(19)15-12-11(14)18(17-20-12)16-13(2,3)10-7-5-4-6-8-10/h4-8H,1-3H3,(H-,15,16,17,19). The topological polar surface area (TPSA) is 77.4 Å². The fourth-order valence-electron chi connectivity index (χ4n) is 1.71. The lowest BCUT2D eigenvalue weighted by Gasteiger charge is -2.21. The maximum Gasteiger partial charge on any atom is 0.374 e. The van der Waals surface area contributed by atoms with Crippen molar-refractivity contribution in [3.05, 3.63) is 40.5 Å². The van der Waals surface area contributed by atoms with E-state index in [1.165, 1.54) is 11.7 Å². The van der Waals surface area contributed by atoms with Gasteiger partial charge in [0.2, 0.25) is 5.27 Å². The van der Waals surface area contributed by atoms with Crippen LogP contribution in [-0.4, -0.2) is 11.2 Å². The van der Waals surface area contributed by atoms with Crippen molar-refractivity contribution in [2.24, 2.45) is 4.99 Å². The minimum absolute atomic E-state index is 0.133. The molecule has 7 heteroatoms. The summed E-state index contributed by atoms with van der Waals surface area (Å²) in [5.74, 6) is -0.217. The van der Waals surface area contributed by atoms with Gasteiger partial charge in [-0.05, 0) is 32.2 Å². The van der Waals surface area contributed by atoms with E-state index in [0.717, 1.165) is 5.56 Å². The van der Waals surface area contributed by atoms with Crippen LogP contribution in [0.4, 0.5) is 5.88 Å². The van der Waals surface area contributed by atoms with Crippen molar-refractivity contribution in [1.29, 1.82) is 0 Å². The van der Waals surface area contributed by atoms with Gasteiger partial charge in [-0.15, -0.1) is 0 Å². The summed E-state index contributed by atoms with van der Waals surface area (Å²) in [4.78, 5) is 5.12. The highest BCUT2D eigenvalue weighted by Crippen LogP contribution is 2.23. The molecule has 0 aliphatic rings. The van der Waals surface area contributed by atoms with E-state index < -0.39 is 0 Å². The van der Waals surface area contributed by atoms with Crippen LogP contribution in [0.3, 0.4) is 0 Å². The van der Waals surface area contributed by atoms with E-state index in [9.17, 15) is 5.11 Å². The van der Waals surface area contributed by atoms with Gasteiger partial charge >= 0.3 is 10.5 Å². The Hall–Kier alpha value is -1.89. The first kappa shape index (κ1) is 14.5. The fourth-order valence-corrected chi connectivity index (χ4v) is 2.02. The molecule has 6 nitrogen and oxygen atoms in total.